The van der Waals surface area contributed by atoms with E-state index in [4.69, 9.17) is 10.5 Å². The second-order valence-corrected chi connectivity index (χ2v) is 5.56. The van der Waals surface area contributed by atoms with Crippen molar-refractivity contribution < 1.29 is 9.53 Å². The van der Waals surface area contributed by atoms with Crippen LogP contribution in [0.2, 0.25) is 0 Å². The van der Waals surface area contributed by atoms with Gasteiger partial charge in [-0.15, -0.1) is 0 Å². The Labute approximate surface area is 103 Å². The maximum absolute atomic E-state index is 12.4. The Morgan fingerprint density at radius 3 is 2.71 bits per heavy atom. The van der Waals surface area contributed by atoms with E-state index in [1.807, 2.05) is 11.8 Å². The molecule has 17 heavy (non-hydrogen) atoms. The van der Waals surface area contributed by atoms with Crippen molar-refractivity contribution in [1.82, 2.24) is 4.90 Å². The highest BCUT2D eigenvalue weighted by Gasteiger charge is 2.36. The van der Waals surface area contributed by atoms with Crippen LogP contribution in [-0.4, -0.2) is 42.1 Å². The molecule has 98 valence electrons. The van der Waals surface area contributed by atoms with Crippen molar-refractivity contribution in [3.8, 4) is 0 Å². The van der Waals surface area contributed by atoms with Crippen molar-refractivity contribution in [3.05, 3.63) is 0 Å². The molecule has 0 radical (unpaired) electrons. The number of hydrogen-bond acceptors (Lipinski definition) is 3. The van der Waals surface area contributed by atoms with Gasteiger partial charge in [-0.25, -0.2) is 0 Å². The summed E-state index contributed by atoms with van der Waals surface area (Å²) in [7, 11) is 0. The first kappa shape index (κ1) is 12.8. The molecule has 0 aromatic rings. The van der Waals surface area contributed by atoms with Crippen molar-refractivity contribution in [2.75, 3.05) is 13.1 Å². The number of carbonyl (C=O) groups is 1. The maximum atomic E-state index is 12.4. The molecule has 2 saturated heterocycles. The van der Waals surface area contributed by atoms with Gasteiger partial charge in [0.15, 0.2) is 0 Å². The third-order valence-corrected chi connectivity index (χ3v) is 4.04. The van der Waals surface area contributed by atoms with Crippen LogP contribution in [0.3, 0.4) is 0 Å². The van der Waals surface area contributed by atoms with Gasteiger partial charge in [0.2, 0.25) is 0 Å². The summed E-state index contributed by atoms with van der Waals surface area (Å²) >= 11 is 0. The minimum Gasteiger partial charge on any atom is -0.365 e. The van der Waals surface area contributed by atoms with Crippen LogP contribution < -0.4 is 5.73 Å². The number of carbonyl (C=O) groups excluding carboxylic acids is 1. The van der Waals surface area contributed by atoms with E-state index in [2.05, 4.69) is 6.92 Å². The predicted molar refractivity (Wildman–Crippen MR) is 66.5 cm³/mol. The fourth-order valence-corrected chi connectivity index (χ4v) is 2.93. The lowest BCUT2D eigenvalue weighted by molar-refractivity contribution is -0.146. The lowest BCUT2D eigenvalue weighted by Gasteiger charge is -2.39. The van der Waals surface area contributed by atoms with Crippen LogP contribution in [0.15, 0.2) is 0 Å². The molecule has 2 N–H and O–H groups in total. The highest BCUT2D eigenvalue weighted by molar-refractivity contribution is 5.81. The zero-order chi connectivity index (χ0) is 12.4. The fraction of sp³-hybridized carbons (Fsp3) is 0.923. The first-order chi connectivity index (χ1) is 8.11. The summed E-state index contributed by atoms with van der Waals surface area (Å²) in [5, 5.41) is 0. The Morgan fingerprint density at radius 2 is 2.12 bits per heavy atom. The Bertz CT molecular complexity index is 283. The Morgan fingerprint density at radius 1 is 1.35 bits per heavy atom. The number of nitrogens with zero attached hydrogens (tertiary/aromatic N) is 1. The molecule has 4 atom stereocenters. The second-order valence-electron chi connectivity index (χ2n) is 5.56. The number of hydrogen-bond donors (Lipinski definition) is 1. The molecule has 2 fully saturated rings. The van der Waals surface area contributed by atoms with Crippen LogP contribution >= 0.6 is 0 Å². The van der Waals surface area contributed by atoms with Crippen LogP contribution in [0.25, 0.3) is 0 Å². The predicted octanol–water partition coefficient (Wildman–Crippen LogP) is 1.14. The Kier molecular flexibility index (Phi) is 4.05. The monoisotopic (exact) mass is 240 g/mol. The molecule has 2 rings (SSSR count). The molecule has 0 aromatic carbocycles. The number of nitrogens with two attached hydrogens (primary N) is 1. The average molecular weight is 240 g/mol. The topological polar surface area (TPSA) is 55.6 Å². The van der Waals surface area contributed by atoms with Gasteiger partial charge < -0.3 is 15.4 Å². The van der Waals surface area contributed by atoms with Crippen molar-refractivity contribution in [2.45, 2.75) is 57.8 Å². The quantitative estimate of drug-likeness (QED) is 0.787. The van der Waals surface area contributed by atoms with Crippen LogP contribution in [0.4, 0.5) is 0 Å². The summed E-state index contributed by atoms with van der Waals surface area (Å²) in [4.78, 5) is 14.3. The fourth-order valence-electron chi connectivity index (χ4n) is 2.93. The molecule has 0 bridgehead atoms. The molecule has 2 heterocycles. The van der Waals surface area contributed by atoms with E-state index in [0.717, 1.165) is 32.2 Å². The Balaban J connectivity index is 1.98. The largest absolute Gasteiger partial charge is 0.365 e. The molecule has 4 nitrogen and oxygen atoms in total. The van der Waals surface area contributed by atoms with Crippen molar-refractivity contribution in [1.29, 1.82) is 0 Å². The van der Waals surface area contributed by atoms with E-state index in [9.17, 15) is 4.79 Å². The van der Waals surface area contributed by atoms with E-state index in [0.29, 0.717) is 12.5 Å². The molecular weight excluding hydrogens is 216 g/mol. The molecule has 0 spiro atoms. The summed E-state index contributed by atoms with van der Waals surface area (Å²) < 4.78 is 5.66. The summed E-state index contributed by atoms with van der Waals surface area (Å²) in [5.74, 6) is 0.840. The van der Waals surface area contributed by atoms with Crippen molar-refractivity contribution >= 4 is 5.91 Å². The van der Waals surface area contributed by atoms with E-state index in [-0.39, 0.29) is 24.2 Å². The van der Waals surface area contributed by atoms with Gasteiger partial charge in [-0.1, -0.05) is 6.92 Å². The number of piperidine rings is 1. The lowest BCUT2D eigenvalue weighted by Crippen LogP contribution is -2.52. The number of likely N-dealkylation sites (tertiary alicyclic amines) is 1. The summed E-state index contributed by atoms with van der Waals surface area (Å²) in [5.41, 5.74) is 5.78. The molecule has 2 aliphatic rings. The molecular formula is C13H24N2O2. The van der Waals surface area contributed by atoms with Crippen molar-refractivity contribution in [3.63, 3.8) is 0 Å². The first-order valence-corrected chi connectivity index (χ1v) is 6.77. The molecule has 1 amide bonds. The average Bonchev–Trinajstić information content (AvgIpc) is 2.75. The second kappa shape index (κ2) is 5.36. The molecule has 0 aliphatic carbocycles. The van der Waals surface area contributed by atoms with E-state index < -0.39 is 0 Å². The minimum absolute atomic E-state index is 0.164. The van der Waals surface area contributed by atoms with Crippen LogP contribution in [0, 0.1) is 5.92 Å². The van der Waals surface area contributed by atoms with E-state index >= 15 is 0 Å². The normalized spacial score (nSPS) is 38.4. The van der Waals surface area contributed by atoms with Gasteiger partial charge in [0, 0.05) is 19.1 Å². The van der Waals surface area contributed by atoms with Gasteiger partial charge in [-0.2, -0.15) is 0 Å². The molecule has 0 aromatic heterocycles. The zero-order valence-electron chi connectivity index (χ0n) is 10.9. The zero-order valence-corrected chi connectivity index (χ0v) is 10.9. The minimum atomic E-state index is -0.215. The van der Waals surface area contributed by atoms with Gasteiger partial charge in [0.05, 0.1) is 6.10 Å². The summed E-state index contributed by atoms with van der Waals surface area (Å²) in [6.45, 7) is 5.68. The van der Waals surface area contributed by atoms with Crippen LogP contribution in [-0.2, 0) is 9.53 Å². The van der Waals surface area contributed by atoms with Crippen LogP contribution in [0.1, 0.15) is 39.5 Å². The maximum Gasteiger partial charge on any atom is 0.252 e. The van der Waals surface area contributed by atoms with Gasteiger partial charge in [0.25, 0.3) is 5.91 Å². The molecule has 4 unspecified atom stereocenters. The van der Waals surface area contributed by atoms with E-state index in [1.165, 1.54) is 0 Å². The standard InChI is InChI=1S/C13H24N2O2/c1-9-5-6-15(11(7-9)8-14)13(16)12-4-3-10(2)17-12/h9-12H,3-8,14H2,1-2H3. The van der Waals surface area contributed by atoms with E-state index in [1.54, 1.807) is 0 Å². The summed E-state index contributed by atoms with van der Waals surface area (Å²) in [6.07, 6.45) is 3.99. The van der Waals surface area contributed by atoms with Crippen LogP contribution in [0.5, 0.6) is 0 Å². The SMILES string of the molecule is CC1CCN(C(=O)C2CCC(C)O2)C(CN)C1. The number of ether oxygens (including phenoxy) is 1. The van der Waals surface area contributed by atoms with Gasteiger partial charge >= 0.3 is 0 Å². The van der Waals surface area contributed by atoms with Crippen molar-refractivity contribution in [2.24, 2.45) is 11.7 Å². The number of amides is 1. The third-order valence-electron chi connectivity index (χ3n) is 4.04. The lowest BCUT2D eigenvalue weighted by atomic mass is 9.92. The summed E-state index contributed by atoms with van der Waals surface area (Å²) in [6, 6.07) is 0.214. The third kappa shape index (κ3) is 2.80. The first-order valence-electron chi connectivity index (χ1n) is 6.77. The number of rotatable bonds is 2. The molecule has 0 saturated carbocycles. The highest BCUT2D eigenvalue weighted by Crippen LogP contribution is 2.26. The smallest absolute Gasteiger partial charge is 0.252 e. The van der Waals surface area contributed by atoms with Gasteiger partial charge in [0.1, 0.15) is 6.10 Å². The van der Waals surface area contributed by atoms with Gasteiger partial charge in [-0.05, 0) is 38.5 Å². The Hall–Kier alpha value is -0.610. The molecule has 4 heteroatoms. The molecule has 2 aliphatic heterocycles. The highest BCUT2D eigenvalue weighted by atomic mass is 16.5. The van der Waals surface area contributed by atoms with Gasteiger partial charge in [-0.3, -0.25) is 4.79 Å².